The van der Waals surface area contributed by atoms with Crippen molar-refractivity contribution in [3.63, 3.8) is 0 Å². The zero-order chi connectivity index (χ0) is 12.1. The van der Waals surface area contributed by atoms with Crippen LogP contribution in [0.3, 0.4) is 0 Å². The van der Waals surface area contributed by atoms with Crippen LogP contribution in [0.15, 0.2) is 9.59 Å². The van der Waals surface area contributed by atoms with Gasteiger partial charge in [0.2, 0.25) is 0 Å². The highest BCUT2D eigenvalue weighted by atomic mass is 16.2. The first-order valence-electron chi connectivity index (χ1n) is 4.80. The Morgan fingerprint density at radius 2 is 2.19 bits per heavy atom. The molecule has 0 spiro atoms. The maximum absolute atomic E-state index is 11.4. The highest BCUT2D eigenvalue weighted by molar-refractivity contribution is 5.60. The second-order valence-corrected chi connectivity index (χ2v) is 3.18. The van der Waals surface area contributed by atoms with Gasteiger partial charge in [-0.3, -0.25) is 14.3 Å². The molecule has 0 atom stereocenters. The first kappa shape index (κ1) is 11.9. The van der Waals surface area contributed by atoms with E-state index in [2.05, 4.69) is 22.1 Å². The second kappa shape index (κ2) is 5.07. The number of hydrogen-bond donors (Lipinski definition) is 3. The van der Waals surface area contributed by atoms with E-state index in [4.69, 9.17) is 5.73 Å². The van der Waals surface area contributed by atoms with Crippen LogP contribution >= 0.6 is 0 Å². The molecular formula is C10H14N4O2. The van der Waals surface area contributed by atoms with Gasteiger partial charge in [0, 0.05) is 20.0 Å². The highest BCUT2D eigenvalue weighted by Gasteiger charge is 2.08. The summed E-state index contributed by atoms with van der Waals surface area (Å²) in [7, 11) is 1.49. The first-order valence-corrected chi connectivity index (χ1v) is 4.80. The molecule has 1 aromatic heterocycles. The molecule has 0 amide bonds. The third-order valence-electron chi connectivity index (χ3n) is 2.10. The van der Waals surface area contributed by atoms with E-state index in [1.807, 2.05) is 0 Å². The summed E-state index contributed by atoms with van der Waals surface area (Å²) in [6, 6.07) is 0. The fourth-order valence-corrected chi connectivity index (χ4v) is 1.18. The highest BCUT2D eigenvalue weighted by Crippen LogP contribution is 2.07. The van der Waals surface area contributed by atoms with Gasteiger partial charge in [-0.15, -0.1) is 11.8 Å². The molecule has 0 aromatic carbocycles. The molecule has 0 saturated carbocycles. The lowest BCUT2D eigenvalue weighted by Crippen LogP contribution is -2.32. The molecule has 86 valence electrons. The van der Waals surface area contributed by atoms with Gasteiger partial charge in [0.15, 0.2) is 0 Å². The number of hydrogen-bond acceptors (Lipinski definition) is 4. The van der Waals surface area contributed by atoms with E-state index in [1.165, 1.54) is 11.6 Å². The van der Waals surface area contributed by atoms with Gasteiger partial charge in [-0.1, -0.05) is 0 Å². The molecule has 0 fully saturated rings. The normalized spacial score (nSPS) is 9.38. The minimum atomic E-state index is -0.526. The van der Waals surface area contributed by atoms with Gasteiger partial charge in [0.05, 0.1) is 0 Å². The van der Waals surface area contributed by atoms with Gasteiger partial charge >= 0.3 is 5.69 Å². The molecule has 16 heavy (non-hydrogen) atoms. The summed E-state index contributed by atoms with van der Waals surface area (Å²) < 4.78 is 1.18. The topological polar surface area (TPSA) is 92.9 Å². The summed E-state index contributed by atoms with van der Waals surface area (Å²) in [5.41, 5.74) is 4.82. The van der Waals surface area contributed by atoms with Crippen LogP contribution in [-0.2, 0) is 7.05 Å². The van der Waals surface area contributed by atoms with Crippen LogP contribution in [0.1, 0.15) is 13.3 Å². The summed E-state index contributed by atoms with van der Waals surface area (Å²) in [5, 5.41) is 2.85. The minimum Gasteiger partial charge on any atom is -0.383 e. The molecule has 1 aromatic rings. The molecule has 0 saturated heterocycles. The van der Waals surface area contributed by atoms with Crippen molar-refractivity contribution in [2.24, 2.45) is 7.05 Å². The van der Waals surface area contributed by atoms with Gasteiger partial charge in [-0.05, 0) is 6.92 Å². The quantitative estimate of drug-likeness (QED) is 0.474. The summed E-state index contributed by atoms with van der Waals surface area (Å²) in [5.74, 6) is 5.71. The number of rotatable bonds is 3. The third kappa shape index (κ3) is 2.45. The number of aromatic amines is 1. The van der Waals surface area contributed by atoms with Crippen LogP contribution < -0.4 is 22.3 Å². The Morgan fingerprint density at radius 3 is 2.81 bits per heavy atom. The van der Waals surface area contributed by atoms with Gasteiger partial charge in [-0.2, -0.15) is 0 Å². The number of nitrogens with zero attached hydrogens (tertiary/aromatic N) is 1. The van der Waals surface area contributed by atoms with Gasteiger partial charge in [-0.25, -0.2) is 4.79 Å². The lowest BCUT2D eigenvalue weighted by Gasteiger charge is -2.09. The van der Waals surface area contributed by atoms with E-state index >= 15 is 0 Å². The maximum atomic E-state index is 11.4. The monoisotopic (exact) mass is 222 g/mol. The zero-order valence-electron chi connectivity index (χ0n) is 9.26. The van der Waals surface area contributed by atoms with Crippen LogP contribution in [0.2, 0.25) is 0 Å². The number of anilines is 2. The number of nitrogens with two attached hydrogens (primary N) is 1. The Hall–Kier alpha value is -2.16. The van der Waals surface area contributed by atoms with E-state index in [0.29, 0.717) is 13.0 Å². The SMILES string of the molecule is CC#CCCNc1c(N)n(C)c(=O)[nH]c1=O. The maximum Gasteiger partial charge on any atom is 0.329 e. The lowest BCUT2D eigenvalue weighted by atomic mass is 10.4. The Balaban J connectivity index is 2.95. The molecule has 0 radical (unpaired) electrons. The predicted octanol–water partition coefficient (Wildman–Crippen LogP) is -0.519. The number of aromatic nitrogens is 2. The Kier molecular flexibility index (Phi) is 3.78. The summed E-state index contributed by atoms with van der Waals surface area (Å²) >= 11 is 0. The molecule has 0 bridgehead atoms. The molecule has 0 aliphatic carbocycles. The molecule has 0 unspecified atom stereocenters. The van der Waals surface area contributed by atoms with Crippen LogP contribution in [0.5, 0.6) is 0 Å². The Morgan fingerprint density at radius 1 is 1.50 bits per heavy atom. The van der Waals surface area contributed by atoms with Crippen molar-refractivity contribution in [1.29, 1.82) is 0 Å². The van der Waals surface area contributed by atoms with E-state index < -0.39 is 11.2 Å². The fraction of sp³-hybridized carbons (Fsp3) is 0.400. The number of H-pyrrole nitrogens is 1. The molecule has 1 rings (SSSR count). The fourth-order valence-electron chi connectivity index (χ4n) is 1.18. The van der Waals surface area contributed by atoms with Crippen molar-refractivity contribution in [2.45, 2.75) is 13.3 Å². The molecule has 6 heteroatoms. The third-order valence-corrected chi connectivity index (χ3v) is 2.10. The Labute approximate surface area is 92.5 Å². The average Bonchev–Trinajstić information content (AvgIpc) is 2.25. The molecule has 6 nitrogen and oxygen atoms in total. The van der Waals surface area contributed by atoms with Crippen LogP contribution in [-0.4, -0.2) is 16.1 Å². The number of nitrogen functional groups attached to an aromatic ring is 1. The smallest absolute Gasteiger partial charge is 0.329 e. The van der Waals surface area contributed by atoms with Crippen molar-refractivity contribution in [3.8, 4) is 11.8 Å². The van der Waals surface area contributed by atoms with Crippen LogP contribution in [0, 0.1) is 11.8 Å². The largest absolute Gasteiger partial charge is 0.383 e. The van der Waals surface area contributed by atoms with Crippen molar-refractivity contribution in [3.05, 3.63) is 20.8 Å². The van der Waals surface area contributed by atoms with Crippen molar-refractivity contribution in [1.82, 2.24) is 9.55 Å². The number of nitrogens with one attached hydrogen (secondary N) is 2. The summed E-state index contributed by atoms with van der Waals surface area (Å²) in [4.78, 5) is 24.8. The standard InChI is InChI=1S/C10H14N4O2/c1-3-4-5-6-12-7-8(11)14(2)10(16)13-9(7)15/h12H,5-6,11H2,1-2H3,(H,13,15,16). The molecule has 0 aliphatic rings. The van der Waals surface area contributed by atoms with E-state index in [1.54, 1.807) is 6.92 Å². The van der Waals surface area contributed by atoms with E-state index in [-0.39, 0.29) is 11.5 Å². The zero-order valence-corrected chi connectivity index (χ0v) is 9.26. The minimum absolute atomic E-state index is 0.123. The van der Waals surface area contributed by atoms with E-state index in [9.17, 15) is 9.59 Å². The molecule has 0 aliphatic heterocycles. The predicted molar refractivity (Wildman–Crippen MR) is 63.3 cm³/mol. The molecule has 1 heterocycles. The molecular weight excluding hydrogens is 208 g/mol. The van der Waals surface area contributed by atoms with Crippen molar-refractivity contribution >= 4 is 11.5 Å². The summed E-state index contributed by atoms with van der Waals surface area (Å²) in [6.45, 7) is 2.25. The van der Waals surface area contributed by atoms with Gasteiger partial charge in [0.25, 0.3) is 5.56 Å². The first-order chi connectivity index (χ1) is 7.57. The van der Waals surface area contributed by atoms with Crippen molar-refractivity contribution in [2.75, 3.05) is 17.6 Å². The summed E-state index contributed by atoms with van der Waals surface area (Å²) in [6.07, 6.45) is 0.609. The van der Waals surface area contributed by atoms with Crippen LogP contribution in [0.25, 0.3) is 0 Å². The lowest BCUT2D eigenvalue weighted by molar-refractivity contribution is 0.812. The van der Waals surface area contributed by atoms with Crippen LogP contribution in [0.4, 0.5) is 11.5 Å². The Bertz CT molecular complexity index is 545. The van der Waals surface area contributed by atoms with Gasteiger partial charge < -0.3 is 11.1 Å². The van der Waals surface area contributed by atoms with Crippen molar-refractivity contribution < 1.29 is 0 Å². The average molecular weight is 222 g/mol. The molecule has 4 N–H and O–H groups in total. The second-order valence-electron chi connectivity index (χ2n) is 3.18. The van der Waals surface area contributed by atoms with Gasteiger partial charge in [0.1, 0.15) is 11.5 Å². The van der Waals surface area contributed by atoms with E-state index in [0.717, 1.165) is 0 Å².